The van der Waals surface area contributed by atoms with Crippen molar-refractivity contribution >= 4 is 30.7 Å². The van der Waals surface area contributed by atoms with Gasteiger partial charge in [-0.3, -0.25) is 9.69 Å². The van der Waals surface area contributed by atoms with Crippen molar-refractivity contribution in [2.75, 3.05) is 19.6 Å². The van der Waals surface area contributed by atoms with Gasteiger partial charge in [-0.25, -0.2) is 0 Å². The summed E-state index contributed by atoms with van der Waals surface area (Å²) in [7, 11) is 0. The number of nitrogens with one attached hydrogen (secondary N) is 1. The van der Waals surface area contributed by atoms with Gasteiger partial charge in [0.25, 0.3) is 0 Å². The number of piperidine rings is 1. The molecule has 1 heterocycles. The smallest absolute Gasteiger partial charge is 0.220 e. The van der Waals surface area contributed by atoms with E-state index < -0.39 is 0 Å². The molecule has 1 aromatic rings. The number of carbonyl (C=O) groups excluding carboxylic acids is 1. The summed E-state index contributed by atoms with van der Waals surface area (Å²) in [5.41, 5.74) is 8.02. The highest BCUT2D eigenvalue weighted by molar-refractivity contribution is 5.85. The van der Waals surface area contributed by atoms with Gasteiger partial charge in [0, 0.05) is 19.5 Å². The van der Waals surface area contributed by atoms with Crippen molar-refractivity contribution < 1.29 is 4.79 Å². The van der Waals surface area contributed by atoms with Crippen molar-refractivity contribution in [1.82, 2.24) is 10.2 Å². The monoisotopic (exact) mass is 417 g/mol. The summed E-state index contributed by atoms with van der Waals surface area (Å²) in [6.45, 7) is 7.15. The van der Waals surface area contributed by atoms with E-state index in [0.29, 0.717) is 13.0 Å². The lowest BCUT2D eigenvalue weighted by molar-refractivity contribution is -0.121. The fourth-order valence-corrected chi connectivity index (χ4v) is 3.39. The molecule has 2 rings (SSSR count). The third kappa shape index (κ3) is 10.9. The van der Waals surface area contributed by atoms with Crippen LogP contribution in [0.1, 0.15) is 63.0 Å². The average molecular weight is 418 g/mol. The van der Waals surface area contributed by atoms with Crippen LogP contribution >= 0.6 is 24.8 Å². The van der Waals surface area contributed by atoms with Crippen molar-refractivity contribution in [2.24, 2.45) is 11.7 Å². The number of nitrogens with two attached hydrogens (primary N) is 1. The first-order valence-corrected chi connectivity index (χ1v) is 9.94. The third-order valence-corrected chi connectivity index (χ3v) is 5.12. The molecule has 6 heteroatoms. The highest BCUT2D eigenvalue weighted by atomic mass is 35.5. The molecular weight excluding hydrogens is 381 g/mol. The number of rotatable bonds is 10. The Labute approximate surface area is 177 Å². The van der Waals surface area contributed by atoms with E-state index in [1.165, 1.54) is 37.1 Å². The molecule has 0 radical (unpaired) electrons. The fourth-order valence-electron chi connectivity index (χ4n) is 3.39. The minimum absolute atomic E-state index is 0. The second-order valence-electron chi connectivity index (χ2n) is 7.51. The Hall–Kier alpha value is -0.810. The topological polar surface area (TPSA) is 58.4 Å². The maximum atomic E-state index is 11.9. The molecule has 156 valence electrons. The largest absolute Gasteiger partial charge is 0.352 e. The maximum absolute atomic E-state index is 11.9. The van der Waals surface area contributed by atoms with Gasteiger partial charge in [-0.05, 0) is 62.4 Å². The van der Waals surface area contributed by atoms with Gasteiger partial charge in [-0.1, -0.05) is 44.0 Å². The van der Waals surface area contributed by atoms with Crippen LogP contribution in [0.2, 0.25) is 0 Å². The highest BCUT2D eigenvalue weighted by Crippen LogP contribution is 2.18. The van der Waals surface area contributed by atoms with Crippen LogP contribution in [0.15, 0.2) is 24.3 Å². The minimum Gasteiger partial charge on any atom is -0.352 e. The molecule has 27 heavy (non-hydrogen) atoms. The molecule has 1 fully saturated rings. The van der Waals surface area contributed by atoms with E-state index >= 15 is 0 Å². The van der Waals surface area contributed by atoms with E-state index in [4.69, 9.17) is 5.73 Å². The fraction of sp³-hybridized carbons (Fsp3) is 0.667. The average Bonchev–Trinajstić information content (AvgIpc) is 2.62. The molecule has 0 bridgehead atoms. The number of unbranched alkanes of at least 4 members (excludes halogenated alkanes) is 3. The summed E-state index contributed by atoms with van der Waals surface area (Å²) in [4.78, 5) is 14.5. The number of halogens is 2. The number of amides is 1. The van der Waals surface area contributed by atoms with E-state index in [1.54, 1.807) is 0 Å². The summed E-state index contributed by atoms with van der Waals surface area (Å²) in [5.74, 6) is 1.02. The van der Waals surface area contributed by atoms with Gasteiger partial charge in [0.1, 0.15) is 0 Å². The summed E-state index contributed by atoms with van der Waals surface area (Å²) in [5, 5.41) is 3.05. The first-order valence-electron chi connectivity index (χ1n) is 9.94. The maximum Gasteiger partial charge on any atom is 0.220 e. The molecular formula is C21H37Cl2N3O. The normalized spacial score (nSPS) is 14.9. The van der Waals surface area contributed by atoms with Crippen molar-refractivity contribution in [1.29, 1.82) is 0 Å². The number of hydrogen-bond acceptors (Lipinski definition) is 3. The Morgan fingerprint density at radius 2 is 1.78 bits per heavy atom. The van der Waals surface area contributed by atoms with E-state index in [9.17, 15) is 4.79 Å². The number of hydrogen-bond donors (Lipinski definition) is 2. The quantitative estimate of drug-likeness (QED) is 0.558. The summed E-state index contributed by atoms with van der Waals surface area (Å²) in [6, 6.07) is 8.64. The van der Waals surface area contributed by atoms with Gasteiger partial charge in [0.2, 0.25) is 5.91 Å². The Morgan fingerprint density at radius 1 is 1.11 bits per heavy atom. The number of benzene rings is 1. The van der Waals surface area contributed by atoms with Crippen molar-refractivity contribution in [3.05, 3.63) is 35.4 Å². The summed E-state index contributed by atoms with van der Waals surface area (Å²) in [6.07, 6.45) is 7.47. The molecule has 1 saturated heterocycles. The van der Waals surface area contributed by atoms with E-state index in [2.05, 4.69) is 41.4 Å². The Bertz CT molecular complexity index is 520. The number of likely N-dealkylation sites (tertiary alicyclic amines) is 1. The van der Waals surface area contributed by atoms with Gasteiger partial charge in [0.05, 0.1) is 0 Å². The number of carbonyl (C=O) groups is 1. The lowest BCUT2D eigenvalue weighted by Crippen LogP contribution is -2.32. The van der Waals surface area contributed by atoms with Crippen LogP contribution in [0, 0.1) is 5.92 Å². The van der Waals surface area contributed by atoms with Crippen LogP contribution in [0.25, 0.3) is 0 Å². The molecule has 0 unspecified atom stereocenters. The third-order valence-electron chi connectivity index (χ3n) is 5.12. The SMILES string of the molecule is CC1CCN(Cc2cccc(CNC(=O)CCCCCCN)c2)CC1.Cl.Cl. The molecule has 4 nitrogen and oxygen atoms in total. The van der Waals surface area contributed by atoms with Crippen molar-refractivity contribution in [3.63, 3.8) is 0 Å². The van der Waals surface area contributed by atoms with Crippen LogP contribution in [0.4, 0.5) is 0 Å². The van der Waals surface area contributed by atoms with E-state index in [0.717, 1.165) is 44.7 Å². The van der Waals surface area contributed by atoms with E-state index in [-0.39, 0.29) is 30.7 Å². The lowest BCUT2D eigenvalue weighted by atomic mass is 9.98. The predicted octanol–water partition coefficient (Wildman–Crippen LogP) is 4.29. The van der Waals surface area contributed by atoms with Crippen LogP contribution in [0.5, 0.6) is 0 Å². The Balaban J connectivity index is 0.00000338. The second-order valence-corrected chi connectivity index (χ2v) is 7.51. The van der Waals surface area contributed by atoms with Gasteiger partial charge < -0.3 is 11.1 Å². The summed E-state index contributed by atoms with van der Waals surface area (Å²) < 4.78 is 0. The van der Waals surface area contributed by atoms with Crippen molar-refractivity contribution in [2.45, 2.75) is 65.0 Å². The molecule has 1 amide bonds. The van der Waals surface area contributed by atoms with Crippen LogP contribution < -0.4 is 11.1 Å². The first-order chi connectivity index (χ1) is 12.2. The second kappa shape index (κ2) is 15.2. The molecule has 0 aromatic heterocycles. The zero-order valence-corrected chi connectivity index (χ0v) is 18.3. The van der Waals surface area contributed by atoms with Crippen molar-refractivity contribution in [3.8, 4) is 0 Å². The molecule has 3 N–H and O–H groups in total. The first kappa shape index (κ1) is 26.2. The molecule has 0 atom stereocenters. The van der Waals surface area contributed by atoms with Gasteiger partial charge >= 0.3 is 0 Å². The van der Waals surface area contributed by atoms with Gasteiger partial charge in [-0.2, -0.15) is 0 Å². The van der Waals surface area contributed by atoms with Crippen LogP contribution in [-0.2, 0) is 17.9 Å². The van der Waals surface area contributed by atoms with Gasteiger partial charge in [0.15, 0.2) is 0 Å². The van der Waals surface area contributed by atoms with E-state index in [1.807, 2.05) is 0 Å². The highest BCUT2D eigenvalue weighted by Gasteiger charge is 2.15. The minimum atomic E-state index is 0. The standard InChI is InChI=1S/C21H35N3O.2ClH/c1-18-10-13-24(14-11-18)17-20-8-6-7-19(15-20)16-23-21(25)9-4-2-3-5-12-22;;/h6-8,15,18H,2-5,9-14,16-17,22H2,1H3,(H,23,25);2*1H. The summed E-state index contributed by atoms with van der Waals surface area (Å²) >= 11 is 0. The number of nitrogens with zero attached hydrogens (tertiary/aromatic N) is 1. The predicted molar refractivity (Wildman–Crippen MR) is 119 cm³/mol. The van der Waals surface area contributed by atoms with Crippen LogP contribution in [0.3, 0.4) is 0 Å². The molecule has 0 spiro atoms. The lowest BCUT2D eigenvalue weighted by Gasteiger charge is -2.30. The molecule has 1 aromatic carbocycles. The molecule has 0 aliphatic carbocycles. The Kier molecular flexibility index (Phi) is 14.7. The van der Waals surface area contributed by atoms with Crippen LogP contribution in [-0.4, -0.2) is 30.4 Å². The zero-order chi connectivity index (χ0) is 17.9. The van der Waals surface area contributed by atoms with Gasteiger partial charge in [-0.15, -0.1) is 24.8 Å². The molecule has 0 saturated carbocycles. The molecule has 1 aliphatic heterocycles. The Morgan fingerprint density at radius 3 is 2.48 bits per heavy atom. The molecule has 1 aliphatic rings. The zero-order valence-electron chi connectivity index (χ0n) is 16.6.